The minimum atomic E-state index is -0.122. The molecular formula is C21H22N4O3S. The molecule has 1 amide bonds. The van der Waals surface area contributed by atoms with Crippen molar-refractivity contribution in [2.75, 3.05) is 7.11 Å². The molecule has 1 saturated carbocycles. The topological polar surface area (TPSA) is 86.2 Å². The van der Waals surface area contributed by atoms with Gasteiger partial charge in [0.05, 0.1) is 7.11 Å². The first-order chi connectivity index (χ1) is 14.2. The molecule has 1 aliphatic carbocycles. The summed E-state index contributed by atoms with van der Waals surface area (Å²) in [6.07, 6.45) is 6.54. The lowest BCUT2D eigenvalue weighted by Gasteiger charge is -2.29. The number of hydrogen-bond donors (Lipinski definition) is 1. The molecule has 8 heteroatoms. The summed E-state index contributed by atoms with van der Waals surface area (Å²) in [5.41, 5.74) is 1.49. The zero-order chi connectivity index (χ0) is 20.1. The first-order valence-electron chi connectivity index (χ1n) is 9.56. The van der Waals surface area contributed by atoms with Gasteiger partial charge in [-0.3, -0.25) is 4.79 Å². The summed E-state index contributed by atoms with van der Waals surface area (Å²) in [5, 5.41) is 5.77. The van der Waals surface area contributed by atoms with Gasteiger partial charge in [-0.1, -0.05) is 30.3 Å². The third-order valence-electron chi connectivity index (χ3n) is 4.87. The summed E-state index contributed by atoms with van der Waals surface area (Å²) in [7, 11) is 1.55. The summed E-state index contributed by atoms with van der Waals surface area (Å²) in [6, 6.07) is 10.0. The molecule has 0 saturated heterocycles. The van der Waals surface area contributed by atoms with Crippen molar-refractivity contribution in [3.8, 4) is 22.3 Å². The maximum Gasteiger partial charge on any atom is 0.278 e. The molecule has 2 aromatic heterocycles. The third-order valence-corrected chi connectivity index (χ3v) is 5.76. The number of rotatable bonds is 6. The van der Waals surface area contributed by atoms with Crippen molar-refractivity contribution < 1.29 is 14.3 Å². The van der Waals surface area contributed by atoms with Gasteiger partial charge < -0.3 is 14.8 Å². The molecule has 0 radical (unpaired) electrons. The van der Waals surface area contributed by atoms with E-state index in [0.29, 0.717) is 17.5 Å². The van der Waals surface area contributed by atoms with E-state index in [1.54, 1.807) is 19.5 Å². The molecule has 0 unspecified atom stereocenters. The number of amides is 1. The Morgan fingerprint density at radius 1 is 1.07 bits per heavy atom. The molecule has 2 heterocycles. The molecule has 0 aliphatic heterocycles. The van der Waals surface area contributed by atoms with Gasteiger partial charge in [0.15, 0.2) is 0 Å². The fraction of sp³-hybridized carbons (Fsp3) is 0.333. The van der Waals surface area contributed by atoms with E-state index in [4.69, 9.17) is 9.47 Å². The highest BCUT2D eigenvalue weighted by molar-refractivity contribution is 7.13. The number of aromatic nitrogens is 3. The number of nitrogens with one attached hydrogen (secondary N) is 1. The summed E-state index contributed by atoms with van der Waals surface area (Å²) in [6.45, 7) is 0. The second-order valence-corrected chi connectivity index (χ2v) is 7.70. The molecule has 150 valence electrons. The van der Waals surface area contributed by atoms with Gasteiger partial charge in [0.2, 0.25) is 0 Å². The number of carbonyl (C=O) groups excluding carboxylic acids is 1. The van der Waals surface area contributed by atoms with E-state index < -0.39 is 0 Å². The Bertz CT molecular complexity index is 955. The SMILES string of the molecule is COc1nccnc1OC1CCC(NC(=O)c2csc(-c3ccccc3)n2)CC1. The van der Waals surface area contributed by atoms with E-state index in [-0.39, 0.29) is 18.1 Å². The number of carbonyl (C=O) groups is 1. The molecule has 7 nitrogen and oxygen atoms in total. The van der Waals surface area contributed by atoms with Crippen LogP contribution in [0.4, 0.5) is 0 Å². The Morgan fingerprint density at radius 3 is 2.52 bits per heavy atom. The summed E-state index contributed by atoms with van der Waals surface area (Å²) >= 11 is 1.48. The molecular weight excluding hydrogens is 388 g/mol. The van der Waals surface area contributed by atoms with Gasteiger partial charge in [-0.05, 0) is 25.7 Å². The van der Waals surface area contributed by atoms with Crippen LogP contribution >= 0.6 is 11.3 Å². The monoisotopic (exact) mass is 410 g/mol. The smallest absolute Gasteiger partial charge is 0.278 e. The number of ether oxygens (including phenoxy) is 2. The lowest BCUT2D eigenvalue weighted by Crippen LogP contribution is -2.39. The number of nitrogens with zero attached hydrogens (tertiary/aromatic N) is 3. The fourth-order valence-electron chi connectivity index (χ4n) is 3.37. The van der Waals surface area contributed by atoms with Crippen molar-refractivity contribution in [2.24, 2.45) is 0 Å². The Morgan fingerprint density at radius 2 is 1.79 bits per heavy atom. The maximum atomic E-state index is 12.6. The molecule has 29 heavy (non-hydrogen) atoms. The fourth-order valence-corrected chi connectivity index (χ4v) is 4.17. The minimum Gasteiger partial charge on any atom is -0.477 e. The Kier molecular flexibility index (Phi) is 6.00. The standard InChI is InChI=1S/C21H22N4O3S/c1-27-19-20(23-12-11-22-19)28-16-9-7-15(8-10-16)24-18(26)17-13-29-21(25-17)14-5-3-2-4-6-14/h2-6,11-13,15-16H,7-10H2,1H3,(H,24,26). The van der Waals surface area contributed by atoms with E-state index in [2.05, 4.69) is 20.3 Å². The average molecular weight is 410 g/mol. The molecule has 4 rings (SSSR count). The van der Waals surface area contributed by atoms with E-state index in [1.165, 1.54) is 11.3 Å². The highest BCUT2D eigenvalue weighted by atomic mass is 32.1. The van der Waals surface area contributed by atoms with Crippen molar-refractivity contribution in [2.45, 2.75) is 37.8 Å². The van der Waals surface area contributed by atoms with E-state index >= 15 is 0 Å². The van der Waals surface area contributed by atoms with E-state index in [0.717, 1.165) is 36.3 Å². The van der Waals surface area contributed by atoms with E-state index in [9.17, 15) is 4.79 Å². The highest BCUT2D eigenvalue weighted by Gasteiger charge is 2.26. The van der Waals surface area contributed by atoms with Crippen molar-refractivity contribution in [1.29, 1.82) is 0 Å². The van der Waals surface area contributed by atoms with Gasteiger partial charge in [0.1, 0.15) is 16.8 Å². The van der Waals surface area contributed by atoms with Gasteiger partial charge in [0, 0.05) is 29.4 Å². The normalized spacial score (nSPS) is 18.8. The van der Waals surface area contributed by atoms with Gasteiger partial charge in [0.25, 0.3) is 17.7 Å². The number of methoxy groups -OCH3 is 1. The molecule has 0 bridgehead atoms. The highest BCUT2D eigenvalue weighted by Crippen LogP contribution is 2.28. The van der Waals surface area contributed by atoms with Crippen LogP contribution in [0.1, 0.15) is 36.2 Å². The molecule has 1 N–H and O–H groups in total. The molecule has 0 atom stereocenters. The van der Waals surface area contributed by atoms with Crippen LogP contribution in [0.15, 0.2) is 48.1 Å². The van der Waals surface area contributed by atoms with Gasteiger partial charge in [-0.25, -0.2) is 15.0 Å². The molecule has 1 fully saturated rings. The largest absolute Gasteiger partial charge is 0.477 e. The second kappa shape index (κ2) is 9.00. The van der Waals surface area contributed by atoms with Crippen LogP contribution in [-0.4, -0.2) is 40.1 Å². The Labute approximate surface area is 173 Å². The summed E-state index contributed by atoms with van der Waals surface area (Å²) in [5.74, 6) is 0.683. The predicted octanol–water partition coefficient (Wildman–Crippen LogP) is 3.73. The van der Waals surface area contributed by atoms with Crippen molar-refractivity contribution in [3.05, 3.63) is 53.8 Å². The van der Waals surface area contributed by atoms with Crippen LogP contribution in [0.5, 0.6) is 11.8 Å². The summed E-state index contributed by atoms with van der Waals surface area (Å²) < 4.78 is 11.1. The average Bonchev–Trinajstić information content (AvgIpc) is 3.27. The van der Waals surface area contributed by atoms with Crippen molar-refractivity contribution in [3.63, 3.8) is 0 Å². The lowest BCUT2D eigenvalue weighted by atomic mass is 9.93. The quantitative estimate of drug-likeness (QED) is 0.666. The number of thiazole rings is 1. The second-order valence-electron chi connectivity index (χ2n) is 6.84. The predicted molar refractivity (Wildman–Crippen MR) is 110 cm³/mol. The third kappa shape index (κ3) is 4.71. The van der Waals surface area contributed by atoms with Crippen molar-refractivity contribution in [1.82, 2.24) is 20.3 Å². The zero-order valence-electron chi connectivity index (χ0n) is 16.1. The molecule has 1 aliphatic rings. The minimum absolute atomic E-state index is 0.0395. The molecule has 0 spiro atoms. The number of benzene rings is 1. The zero-order valence-corrected chi connectivity index (χ0v) is 16.9. The van der Waals surface area contributed by atoms with Crippen LogP contribution in [-0.2, 0) is 0 Å². The Hall–Kier alpha value is -3.00. The molecule has 3 aromatic rings. The van der Waals surface area contributed by atoms with Gasteiger partial charge in [-0.2, -0.15) is 0 Å². The van der Waals surface area contributed by atoms with Crippen molar-refractivity contribution >= 4 is 17.2 Å². The van der Waals surface area contributed by atoms with Crippen LogP contribution in [0.2, 0.25) is 0 Å². The van der Waals surface area contributed by atoms with Crippen LogP contribution in [0.25, 0.3) is 10.6 Å². The molecule has 1 aromatic carbocycles. The van der Waals surface area contributed by atoms with Gasteiger partial charge in [-0.15, -0.1) is 11.3 Å². The van der Waals surface area contributed by atoms with Gasteiger partial charge >= 0.3 is 0 Å². The lowest BCUT2D eigenvalue weighted by molar-refractivity contribution is 0.0882. The van der Waals surface area contributed by atoms with Crippen LogP contribution < -0.4 is 14.8 Å². The first-order valence-corrected chi connectivity index (χ1v) is 10.4. The maximum absolute atomic E-state index is 12.6. The number of hydrogen-bond acceptors (Lipinski definition) is 7. The van der Waals surface area contributed by atoms with Crippen LogP contribution in [0, 0.1) is 0 Å². The Balaban J connectivity index is 1.29. The van der Waals surface area contributed by atoms with E-state index in [1.807, 2.05) is 35.7 Å². The first kappa shape index (κ1) is 19.3. The van der Waals surface area contributed by atoms with Crippen LogP contribution in [0.3, 0.4) is 0 Å². The summed E-state index contributed by atoms with van der Waals surface area (Å²) in [4.78, 5) is 25.4.